The third kappa shape index (κ3) is 6.08. The number of hydrogen-bond donors (Lipinski definition) is 2. The second-order valence-electron chi connectivity index (χ2n) is 8.91. The van der Waals surface area contributed by atoms with Gasteiger partial charge < -0.3 is 10.6 Å². The topological polar surface area (TPSA) is 135 Å². The van der Waals surface area contributed by atoms with Crippen molar-refractivity contribution >= 4 is 52.3 Å². The average molecular weight is 533 g/mol. The molecule has 0 spiro atoms. The molecule has 0 aliphatic carbocycles. The first-order valence-corrected chi connectivity index (χ1v) is 12.5. The lowest BCUT2D eigenvalue weighted by atomic mass is 10.0. The van der Waals surface area contributed by atoms with E-state index in [1.54, 1.807) is 36.6 Å². The summed E-state index contributed by atoms with van der Waals surface area (Å²) in [4.78, 5) is 30.9. The molecule has 4 aromatic rings. The van der Waals surface area contributed by atoms with E-state index in [9.17, 15) is 20.2 Å². The Balaban J connectivity index is 1.57. The van der Waals surface area contributed by atoms with E-state index in [2.05, 4.69) is 15.6 Å². The summed E-state index contributed by atoms with van der Waals surface area (Å²) in [6, 6.07) is 27.7. The monoisotopic (exact) mass is 532 g/mol. The van der Waals surface area contributed by atoms with Gasteiger partial charge in [0.15, 0.2) is 0 Å². The number of nitrogens with zero attached hydrogens (tertiary/aromatic N) is 4. The van der Waals surface area contributed by atoms with Crippen molar-refractivity contribution in [2.24, 2.45) is 9.98 Å². The van der Waals surface area contributed by atoms with Crippen LogP contribution in [0.15, 0.2) is 113 Å². The average Bonchev–Trinajstić information content (AvgIpc) is 2.97. The van der Waals surface area contributed by atoms with Crippen LogP contribution in [0.1, 0.15) is 23.6 Å². The highest BCUT2D eigenvalue weighted by atomic mass is 16.6. The summed E-state index contributed by atoms with van der Waals surface area (Å²) in [7, 11) is 0. The van der Waals surface area contributed by atoms with E-state index < -0.39 is 9.85 Å². The number of nitro groups is 2. The number of rotatable bonds is 4. The Kier molecular flexibility index (Phi) is 7.68. The van der Waals surface area contributed by atoms with E-state index in [0.29, 0.717) is 23.5 Å². The molecule has 0 radical (unpaired) electrons. The van der Waals surface area contributed by atoms with Gasteiger partial charge in [-0.3, -0.25) is 30.2 Å². The molecule has 1 aliphatic heterocycles. The number of allylic oxidation sites excluding steroid dienone is 1. The van der Waals surface area contributed by atoms with Crippen LogP contribution in [0.3, 0.4) is 0 Å². The van der Waals surface area contributed by atoms with Crippen LogP contribution in [0, 0.1) is 20.2 Å². The molecule has 0 saturated carbocycles. The summed E-state index contributed by atoms with van der Waals surface area (Å²) in [6.45, 7) is 0. The SMILES string of the molecule is O=[N+]([O-])c1ccc(/C2=C\C=Nc3ccccc3NC(c3ccc([N+](=O)[O-])cc3)CC=Nc3ccccc3N2)cc1. The highest BCUT2D eigenvalue weighted by Gasteiger charge is 2.15. The number of anilines is 2. The molecule has 198 valence electrons. The van der Waals surface area contributed by atoms with E-state index in [1.165, 1.54) is 24.3 Å². The molecular weight excluding hydrogens is 508 g/mol. The molecule has 0 aromatic heterocycles. The van der Waals surface area contributed by atoms with Gasteiger partial charge in [-0.15, -0.1) is 0 Å². The Morgan fingerprint density at radius 3 is 1.93 bits per heavy atom. The van der Waals surface area contributed by atoms with E-state index in [4.69, 9.17) is 4.99 Å². The smallest absolute Gasteiger partial charge is 0.269 e. The molecule has 10 nitrogen and oxygen atoms in total. The van der Waals surface area contributed by atoms with Crippen molar-refractivity contribution in [3.63, 3.8) is 0 Å². The van der Waals surface area contributed by atoms with Gasteiger partial charge in [0.25, 0.3) is 11.4 Å². The molecule has 1 aliphatic rings. The second kappa shape index (κ2) is 11.8. The molecule has 10 heteroatoms. The lowest BCUT2D eigenvalue weighted by Gasteiger charge is -2.20. The Morgan fingerprint density at radius 2 is 1.27 bits per heavy atom. The summed E-state index contributed by atoms with van der Waals surface area (Å²) >= 11 is 0. The van der Waals surface area contributed by atoms with Gasteiger partial charge in [-0.2, -0.15) is 0 Å². The fourth-order valence-corrected chi connectivity index (χ4v) is 4.26. The van der Waals surface area contributed by atoms with Gasteiger partial charge >= 0.3 is 0 Å². The summed E-state index contributed by atoms with van der Waals surface area (Å²) in [5.74, 6) is 0. The molecule has 0 amide bonds. The molecule has 1 atom stereocenters. The maximum Gasteiger partial charge on any atom is 0.269 e. The zero-order valence-corrected chi connectivity index (χ0v) is 21.2. The highest BCUT2D eigenvalue weighted by Crippen LogP contribution is 2.33. The number of aliphatic imine (C=N–C) groups is 2. The van der Waals surface area contributed by atoms with Crippen LogP contribution in [-0.4, -0.2) is 22.3 Å². The summed E-state index contributed by atoms with van der Waals surface area (Å²) < 4.78 is 0. The molecular formula is C30H24N6O4. The molecule has 4 aromatic carbocycles. The standard InChI is InChI=1S/C30H24N6O4/c37-35(38)23-13-9-21(10-14-23)25-18-20-32-28-6-2-4-8-30(28)34-26(22-11-15-24(16-12-22)36(39)40)17-19-31-27-5-1-3-7-29(27)33-25/h1-17,19-20,25,33-34H,18H2/b26-17+,31-19?,32-20?. The van der Waals surface area contributed by atoms with E-state index in [-0.39, 0.29) is 17.4 Å². The van der Waals surface area contributed by atoms with Crippen LogP contribution < -0.4 is 10.6 Å². The number of benzene rings is 4. The number of nitro benzene ring substituents is 2. The molecule has 5 rings (SSSR count). The van der Waals surface area contributed by atoms with Crippen molar-refractivity contribution in [1.29, 1.82) is 0 Å². The van der Waals surface area contributed by atoms with E-state index in [1.807, 2.05) is 54.7 Å². The largest absolute Gasteiger partial charge is 0.376 e. The Morgan fingerprint density at radius 1 is 0.700 bits per heavy atom. The van der Waals surface area contributed by atoms with Crippen molar-refractivity contribution in [2.75, 3.05) is 10.6 Å². The van der Waals surface area contributed by atoms with Crippen LogP contribution in [0.4, 0.5) is 34.1 Å². The minimum atomic E-state index is -0.432. The molecule has 1 unspecified atom stereocenters. The summed E-state index contributed by atoms with van der Waals surface area (Å²) in [6.07, 6.45) is 5.78. The number of para-hydroxylation sites is 4. The van der Waals surface area contributed by atoms with Gasteiger partial charge in [0.05, 0.1) is 38.6 Å². The fourth-order valence-electron chi connectivity index (χ4n) is 4.26. The van der Waals surface area contributed by atoms with Crippen molar-refractivity contribution in [2.45, 2.75) is 12.5 Å². The van der Waals surface area contributed by atoms with Crippen LogP contribution >= 0.6 is 0 Å². The van der Waals surface area contributed by atoms with Crippen LogP contribution in [-0.2, 0) is 0 Å². The van der Waals surface area contributed by atoms with Crippen LogP contribution in [0.2, 0.25) is 0 Å². The molecule has 0 saturated heterocycles. The van der Waals surface area contributed by atoms with Crippen molar-refractivity contribution in [3.05, 3.63) is 134 Å². The third-order valence-corrected chi connectivity index (χ3v) is 6.33. The fraction of sp³-hybridized carbons (Fsp3) is 0.0667. The van der Waals surface area contributed by atoms with Crippen molar-refractivity contribution in [3.8, 4) is 0 Å². The predicted octanol–water partition coefficient (Wildman–Crippen LogP) is 7.62. The molecule has 1 heterocycles. The van der Waals surface area contributed by atoms with Gasteiger partial charge in [0.2, 0.25) is 0 Å². The van der Waals surface area contributed by atoms with E-state index >= 15 is 0 Å². The first kappa shape index (κ1) is 26.0. The Hall–Kier alpha value is -5.64. The number of fused-ring (bicyclic) bond motifs is 2. The molecule has 2 N–H and O–H groups in total. The maximum atomic E-state index is 11.2. The maximum absolute atomic E-state index is 11.2. The van der Waals surface area contributed by atoms with Crippen molar-refractivity contribution < 1.29 is 9.85 Å². The number of nitrogens with one attached hydrogen (secondary N) is 2. The zero-order chi connectivity index (χ0) is 27.9. The zero-order valence-electron chi connectivity index (χ0n) is 21.2. The molecule has 0 fully saturated rings. The normalized spacial score (nSPS) is 16.2. The van der Waals surface area contributed by atoms with Gasteiger partial charge in [-0.1, -0.05) is 36.4 Å². The molecule has 40 heavy (non-hydrogen) atoms. The van der Waals surface area contributed by atoms with Crippen LogP contribution in [0.25, 0.3) is 5.70 Å². The van der Waals surface area contributed by atoms with Crippen molar-refractivity contribution in [1.82, 2.24) is 0 Å². The van der Waals surface area contributed by atoms with Gasteiger partial charge in [-0.05, 0) is 53.6 Å². The Labute approximate surface area is 229 Å². The first-order valence-electron chi connectivity index (χ1n) is 12.5. The third-order valence-electron chi connectivity index (χ3n) is 6.33. The lowest BCUT2D eigenvalue weighted by Crippen LogP contribution is -2.12. The minimum Gasteiger partial charge on any atom is -0.376 e. The van der Waals surface area contributed by atoms with Gasteiger partial charge in [0.1, 0.15) is 0 Å². The number of non-ortho nitro benzene ring substituents is 2. The first-order chi connectivity index (χ1) is 19.5. The van der Waals surface area contributed by atoms with E-state index in [0.717, 1.165) is 22.5 Å². The second-order valence-corrected chi connectivity index (χ2v) is 8.91. The quantitative estimate of drug-likeness (QED) is 0.205. The minimum absolute atomic E-state index is 0.00601. The molecule has 0 bridgehead atoms. The van der Waals surface area contributed by atoms with Gasteiger partial charge in [-0.25, -0.2) is 0 Å². The Bertz CT molecular complexity index is 1630. The predicted molar refractivity (Wildman–Crippen MR) is 158 cm³/mol. The summed E-state index contributed by atoms with van der Waals surface area (Å²) in [5.41, 5.74) is 5.26. The van der Waals surface area contributed by atoms with Crippen LogP contribution in [0.5, 0.6) is 0 Å². The summed E-state index contributed by atoms with van der Waals surface area (Å²) in [5, 5.41) is 29.2. The number of hydrogen-bond acceptors (Lipinski definition) is 8. The lowest BCUT2D eigenvalue weighted by molar-refractivity contribution is -0.385. The van der Waals surface area contributed by atoms with Gasteiger partial charge in [0, 0.05) is 48.8 Å². The highest BCUT2D eigenvalue weighted by molar-refractivity contribution is 5.93.